The van der Waals surface area contributed by atoms with E-state index in [0.29, 0.717) is 11.4 Å². The molecule has 2 rings (SSSR count). The van der Waals surface area contributed by atoms with Gasteiger partial charge in [-0.2, -0.15) is 13.2 Å². The van der Waals surface area contributed by atoms with Crippen molar-refractivity contribution >= 4 is 23.7 Å². The van der Waals surface area contributed by atoms with Crippen LogP contribution in [0, 0.1) is 5.82 Å². The van der Waals surface area contributed by atoms with Crippen molar-refractivity contribution in [1.29, 1.82) is 0 Å². The molecule has 5 nitrogen and oxygen atoms in total. The minimum Gasteiger partial charge on any atom is -0.473 e. The Morgan fingerprint density at radius 2 is 1.61 bits per heavy atom. The number of benzene rings is 2. The Morgan fingerprint density at radius 3 is 2.07 bits per heavy atom. The van der Waals surface area contributed by atoms with Crippen molar-refractivity contribution in [3.63, 3.8) is 0 Å². The molecule has 0 atom stereocenters. The first-order chi connectivity index (χ1) is 13.0. The summed E-state index contributed by atoms with van der Waals surface area (Å²) in [6, 6.07) is 9.38. The molecule has 0 spiro atoms. The monoisotopic (exact) mass is 419 g/mol. The molecular weight excluding hydrogens is 402 g/mol. The maximum atomic E-state index is 13.3. The van der Waals surface area contributed by atoms with E-state index in [1.165, 1.54) is 36.0 Å². The third-order valence-electron chi connectivity index (χ3n) is 3.18. The molecule has 0 aromatic heterocycles. The molecular formula is C18H17F4NO4S. The molecule has 2 aromatic rings. The second-order valence-corrected chi connectivity index (χ2v) is 6.38. The number of rotatable bonds is 5. The van der Waals surface area contributed by atoms with E-state index in [9.17, 15) is 17.6 Å². The van der Waals surface area contributed by atoms with Gasteiger partial charge in [0.05, 0.1) is 5.56 Å². The molecule has 0 aliphatic heterocycles. The highest BCUT2D eigenvalue weighted by molar-refractivity contribution is 7.99. The van der Waals surface area contributed by atoms with Crippen LogP contribution in [0.25, 0.3) is 0 Å². The van der Waals surface area contributed by atoms with E-state index >= 15 is 0 Å². The Morgan fingerprint density at radius 1 is 1.04 bits per heavy atom. The molecule has 0 heterocycles. The van der Waals surface area contributed by atoms with Gasteiger partial charge in [-0.05, 0) is 54.6 Å². The highest BCUT2D eigenvalue weighted by Gasteiger charge is 2.29. The average Bonchev–Trinajstić information content (AvgIpc) is 2.62. The normalized spacial score (nSPS) is 10.8. The zero-order chi connectivity index (χ0) is 21.3. The summed E-state index contributed by atoms with van der Waals surface area (Å²) < 4.78 is 50.9. The largest absolute Gasteiger partial charge is 0.473 e. The second kappa shape index (κ2) is 10.7. The Kier molecular flexibility index (Phi) is 8.93. The van der Waals surface area contributed by atoms with Crippen molar-refractivity contribution in [2.24, 2.45) is 0 Å². The molecule has 0 saturated heterocycles. The van der Waals surface area contributed by atoms with Crippen molar-refractivity contribution in [3.05, 3.63) is 59.4 Å². The highest BCUT2D eigenvalue weighted by Crippen LogP contribution is 2.34. The molecule has 0 aliphatic carbocycles. The zero-order valence-electron chi connectivity index (χ0n) is 14.6. The molecule has 0 fully saturated rings. The van der Waals surface area contributed by atoms with Gasteiger partial charge in [-0.25, -0.2) is 14.0 Å². The number of aliphatic carboxylic acids is 2. The lowest BCUT2D eigenvalue weighted by atomic mass is 10.2. The van der Waals surface area contributed by atoms with E-state index in [0.717, 1.165) is 29.1 Å². The third kappa shape index (κ3) is 7.97. The summed E-state index contributed by atoms with van der Waals surface area (Å²) in [6.45, 7) is 3.21. The first-order valence-corrected chi connectivity index (χ1v) is 8.66. The van der Waals surface area contributed by atoms with Crippen LogP contribution in [-0.4, -0.2) is 28.7 Å². The second-order valence-electron chi connectivity index (χ2n) is 5.27. The number of halogens is 4. The van der Waals surface area contributed by atoms with Crippen LogP contribution in [-0.2, 0) is 22.3 Å². The number of carboxylic acids is 2. The Balaban J connectivity index is 0.000000568. The Hall–Kier alpha value is -2.59. The molecule has 0 bridgehead atoms. The highest BCUT2D eigenvalue weighted by atomic mass is 32.2. The number of carbonyl (C=O) groups is 2. The zero-order valence-corrected chi connectivity index (χ0v) is 15.4. The van der Waals surface area contributed by atoms with Crippen LogP contribution < -0.4 is 5.32 Å². The lowest BCUT2D eigenvalue weighted by Crippen LogP contribution is -2.12. The molecule has 0 radical (unpaired) electrons. The van der Waals surface area contributed by atoms with Crippen LogP contribution in [0.3, 0.4) is 0 Å². The van der Waals surface area contributed by atoms with E-state index in [1.54, 1.807) is 6.07 Å². The summed E-state index contributed by atoms with van der Waals surface area (Å²) in [6.07, 6.45) is -4.34. The van der Waals surface area contributed by atoms with Gasteiger partial charge in [0, 0.05) is 16.3 Å². The van der Waals surface area contributed by atoms with E-state index < -0.39 is 23.7 Å². The lowest BCUT2D eigenvalue weighted by Gasteiger charge is -2.11. The van der Waals surface area contributed by atoms with Crippen LogP contribution in [0.5, 0.6) is 0 Å². The van der Waals surface area contributed by atoms with Crippen LogP contribution in [0.2, 0.25) is 0 Å². The maximum Gasteiger partial charge on any atom is 0.416 e. The molecule has 152 valence electrons. The Bertz CT molecular complexity index is 798. The molecule has 0 unspecified atom stereocenters. The number of hydrogen-bond acceptors (Lipinski definition) is 4. The maximum absolute atomic E-state index is 13.3. The van der Waals surface area contributed by atoms with Crippen molar-refractivity contribution in [2.75, 3.05) is 6.54 Å². The molecule has 0 amide bonds. The van der Waals surface area contributed by atoms with Gasteiger partial charge in [0.25, 0.3) is 0 Å². The van der Waals surface area contributed by atoms with Crippen molar-refractivity contribution in [1.82, 2.24) is 5.32 Å². The van der Waals surface area contributed by atoms with Crippen molar-refractivity contribution < 1.29 is 37.4 Å². The third-order valence-corrected chi connectivity index (χ3v) is 4.31. The fraction of sp³-hybridized carbons (Fsp3) is 0.222. The van der Waals surface area contributed by atoms with Gasteiger partial charge in [-0.1, -0.05) is 18.7 Å². The molecule has 2 aromatic carbocycles. The molecule has 0 saturated carbocycles. The number of nitrogens with one attached hydrogen (secondary N) is 1. The van der Waals surface area contributed by atoms with E-state index in [1.807, 2.05) is 6.92 Å². The topological polar surface area (TPSA) is 86.6 Å². The smallest absolute Gasteiger partial charge is 0.416 e. The Labute approximate surface area is 162 Å². The first-order valence-electron chi connectivity index (χ1n) is 7.85. The molecule has 3 N–H and O–H groups in total. The summed E-state index contributed by atoms with van der Waals surface area (Å²) in [5.74, 6) is -3.98. The summed E-state index contributed by atoms with van der Waals surface area (Å²) in [7, 11) is 0. The minimum absolute atomic E-state index is 0.329. The minimum atomic E-state index is -4.34. The van der Waals surface area contributed by atoms with Crippen molar-refractivity contribution in [2.45, 2.75) is 29.4 Å². The quantitative estimate of drug-likeness (QED) is 0.496. The molecule has 10 heteroatoms. The van der Waals surface area contributed by atoms with Gasteiger partial charge < -0.3 is 15.5 Å². The standard InChI is InChI=1S/C16H15F4NS.C2H2O4/c1-2-21-10-11-9-13(17)5-8-15(11)22-14-6-3-12(4-7-14)16(18,19)20;3-1(4)2(5)6/h3-9,21H,2,10H2,1H3;(H,3,4)(H,5,6). The summed E-state index contributed by atoms with van der Waals surface area (Å²) in [5, 5.41) is 17.9. The van der Waals surface area contributed by atoms with E-state index in [-0.39, 0.29) is 5.82 Å². The number of carboxylic acid groups (broad SMARTS) is 2. The average molecular weight is 419 g/mol. The van der Waals surface area contributed by atoms with Gasteiger partial charge in [-0.3, -0.25) is 0 Å². The summed E-state index contributed by atoms with van der Waals surface area (Å²) in [4.78, 5) is 19.7. The fourth-order valence-corrected chi connectivity index (χ4v) is 2.81. The van der Waals surface area contributed by atoms with Crippen LogP contribution in [0.4, 0.5) is 17.6 Å². The van der Waals surface area contributed by atoms with E-state index in [2.05, 4.69) is 5.32 Å². The number of alkyl halides is 3. The first kappa shape index (κ1) is 23.4. The van der Waals surface area contributed by atoms with Gasteiger partial charge in [0.2, 0.25) is 0 Å². The van der Waals surface area contributed by atoms with Gasteiger partial charge >= 0.3 is 18.1 Å². The predicted octanol–water partition coefficient (Wildman–Crippen LogP) is 4.26. The lowest BCUT2D eigenvalue weighted by molar-refractivity contribution is -0.159. The SMILES string of the molecule is CCNCc1cc(F)ccc1Sc1ccc(C(F)(F)F)cc1.O=C(O)C(=O)O. The van der Waals surface area contributed by atoms with Gasteiger partial charge in [0.1, 0.15) is 5.82 Å². The van der Waals surface area contributed by atoms with Crippen LogP contribution in [0.1, 0.15) is 18.1 Å². The van der Waals surface area contributed by atoms with Crippen LogP contribution in [0.15, 0.2) is 52.3 Å². The molecule has 0 aliphatic rings. The predicted molar refractivity (Wildman–Crippen MR) is 94.6 cm³/mol. The van der Waals surface area contributed by atoms with Crippen LogP contribution >= 0.6 is 11.8 Å². The van der Waals surface area contributed by atoms with Crippen molar-refractivity contribution in [3.8, 4) is 0 Å². The summed E-state index contributed by atoms with van der Waals surface area (Å²) in [5.41, 5.74) is 0.107. The molecule has 28 heavy (non-hydrogen) atoms. The number of hydrogen-bond donors (Lipinski definition) is 3. The summed E-state index contributed by atoms with van der Waals surface area (Å²) >= 11 is 1.32. The van der Waals surface area contributed by atoms with Gasteiger partial charge in [-0.15, -0.1) is 0 Å². The van der Waals surface area contributed by atoms with Gasteiger partial charge in [0.15, 0.2) is 0 Å². The van der Waals surface area contributed by atoms with E-state index in [4.69, 9.17) is 19.8 Å². The fourth-order valence-electron chi connectivity index (χ4n) is 1.88.